The van der Waals surface area contributed by atoms with Crippen molar-refractivity contribution < 1.29 is 24.2 Å². The normalized spacial score (nSPS) is 18.0. The number of piperazine rings is 1. The van der Waals surface area contributed by atoms with Crippen molar-refractivity contribution in [1.82, 2.24) is 19.7 Å². The van der Waals surface area contributed by atoms with Gasteiger partial charge in [0.15, 0.2) is 11.5 Å². The van der Waals surface area contributed by atoms with E-state index in [9.17, 15) is 9.59 Å². The van der Waals surface area contributed by atoms with E-state index in [1.807, 2.05) is 18.2 Å². The zero-order chi connectivity index (χ0) is 24.5. The van der Waals surface area contributed by atoms with Crippen LogP contribution < -0.4 is 9.47 Å². The Bertz CT molecular complexity index is 993. The number of para-hydroxylation sites is 2. The van der Waals surface area contributed by atoms with Crippen LogP contribution in [0.25, 0.3) is 0 Å². The predicted molar refractivity (Wildman–Crippen MR) is 131 cm³/mol. The largest absolute Gasteiger partial charge is 0.490 e. The molecule has 1 aromatic carbocycles. The number of hydrogen-bond acceptors (Lipinski definition) is 7. The van der Waals surface area contributed by atoms with E-state index in [1.165, 1.54) is 0 Å². The lowest BCUT2D eigenvalue weighted by molar-refractivity contribution is -0.133. The smallest absolute Gasteiger partial charge is 0.259 e. The summed E-state index contributed by atoms with van der Waals surface area (Å²) in [5, 5.41) is 9.15. The van der Waals surface area contributed by atoms with Crippen LogP contribution in [0.3, 0.4) is 0 Å². The summed E-state index contributed by atoms with van der Waals surface area (Å²) < 4.78 is 12.0. The van der Waals surface area contributed by atoms with Gasteiger partial charge in [-0.05, 0) is 37.1 Å². The molecule has 0 spiro atoms. The van der Waals surface area contributed by atoms with Crippen LogP contribution in [0.15, 0.2) is 42.6 Å². The van der Waals surface area contributed by atoms with Crippen molar-refractivity contribution in [3.05, 3.63) is 48.2 Å². The Morgan fingerprint density at radius 1 is 0.943 bits per heavy atom. The number of aromatic nitrogens is 1. The molecule has 2 aliphatic heterocycles. The summed E-state index contributed by atoms with van der Waals surface area (Å²) in [6.07, 6.45) is 5.20. The second-order valence-electron chi connectivity index (χ2n) is 8.84. The third-order valence-electron chi connectivity index (χ3n) is 6.39. The molecule has 35 heavy (non-hydrogen) atoms. The predicted octanol–water partition coefficient (Wildman–Crippen LogP) is 2.41. The fourth-order valence-electron chi connectivity index (χ4n) is 4.38. The van der Waals surface area contributed by atoms with Crippen LogP contribution in [0, 0.1) is 0 Å². The molecule has 1 N–H and O–H groups in total. The maximum atomic E-state index is 13.6. The van der Waals surface area contributed by atoms with Gasteiger partial charge in [0.25, 0.3) is 5.91 Å². The number of fused-ring (bicyclic) bond motifs is 2. The maximum absolute atomic E-state index is 13.6. The molecule has 0 unspecified atom stereocenters. The Labute approximate surface area is 206 Å². The molecule has 3 heterocycles. The fraction of sp³-hybridized carbons (Fsp3) is 0.500. The van der Waals surface area contributed by atoms with Gasteiger partial charge in [-0.2, -0.15) is 0 Å². The summed E-state index contributed by atoms with van der Waals surface area (Å²) >= 11 is 0. The Morgan fingerprint density at radius 2 is 1.71 bits per heavy atom. The average molecular weight is 483 g/mol. The first-order valence-electron chi connectivity index (χ1n) is 12.4. The molecule has 1 fully saturated rings. The van der Waals surface area contributed by atoms with E-state index in [-0.39, 0.29) is 30.8 Å². The molecule has 2 aliphatic rings. The van der Waals surface area contributed by atoms with Gasteiger partial charge in [0, 0.05) is 45.5 Å². The fourth-order valence-corrected chi connectivity index (χ4v) is 4.38. The highest BCUT2D eigenvalue weighted by molar-refractivity contribution is 5.98. The van der Waals surface area contributed by atoms with Crippen molar-refractivity contribution >= 4 is 11.8 Å². The van der Waals surface area contributed by atoms with E-state index in [0.29, 0.717) is 49.8 Å². The number of rotatable bonds is 4. The van der Waals surface area contributed by atoms with Gasteiger partial charge < -0.3 is 24.4 Å². The summed E-state index contributed by atoms with van der Waals surface area (Å²) in [5.74, 6) is 0.978. The number of β-amino-alcohol motifs (C(OH)–C–C–N with tert-alkyl or cyclic N) is 1. The van der Waals surface area contributed by atoms with Crippen molar-refractivity contribution in [2.24, 2.45) is 0 Å². The minimum absolute atomic E-state index is 0.0207. The van der Waals surface area contributed by atoms with Gasteiger partial charge in [-0.15, -0.1) is 0 Å². The number of carbonyl (C=O) groups is 2. The van der Waals surface area contributed by atoms with Gasteiger partial charge in [-0.1, -0.05) is 25.0 Å². The van der Waals surface area contributed by atoms with Crippen molar-refractivity contribution in [1.29, 1.82) is 0 Å². The van der Waals surface area contributed by atoms with Gasteiger partial charge in [-0.25, -0.2) is 4.98 Å². The van der Waals surface area contributed by atoms with Crippen LogP contribution in [0.4, 0.5) is 0 Å². The number of aliphatic hydroxyl groups is 1. The Hall–Kier alpha value is -3.17. The van der Waals surface area contributed by atoms with E-state index >= 15 is 0 Å². The van der Waals surface area contributed by atoms with Crippen molar-refractivity contribution in [3.8, 4) is 17.4 Å². The molecule has 0 atom stereocenters. The topological polar surface area (TPSA) is 95.4 Å². The molecule has 0 saturated carbocycles. The quantitative estimate of drug-likeness (QED) is 0.715. The molecule has 188 valence electrons. The van der Waals surface area contributed by atoms with Crippen LogP contribution >= 0.6 is 0 Å². The number of nitrogens with zero attached hydrogens (tertiary/aromatic N) is 4. The summed E-state index contributed by atoms with van der Waals surface area (Å²) in [6, 6.07) is 10.8. The monoisotopic (exact) mass is 482 g/mol. The second kappa shape index (κ2) is 12.5. The van der Waals surface area contributed by atoms with Crippen LogP contribution in [0.1, 0.15) is 36.0 Å². The number of pyridine rings is 1. The van der Waals surface area contributed by atoms with E-state index in [2.05, 4.69) is 9.88 Å². The SMILES string of the molecule is O=C(CN1CCCCCCOc2ccccc2Oc2ncccc2C1=O)N1CCN(CCO)CC1. The molecular formula is C26H34N4O5. The minimum Gasteiger partial charge on any atom is -0.490 e. The number of amides is 2. The molecular weight excluding hydrogens is 448 g/mol. The Morgan fingerprint density at radius 3 is 2.51 bits per heavy atom. The van der Waals surface area contributed by atoms with Crippen LogP contribution in [0.2, 0.25) is 0 Å². The molecule has 0 radical (unpaired) electrons. The van der Waals surface area contributed by atoms with Crippen molar-refractivity contribution in [2.75, 3.05) is 59.0 Å². The molecule has 2 amide bonds. The molecule has 0 bridgehead atoms. The number of hydrogen-bond donors (Lipinski definition) is 1. The molecule has 1 saturated heterocycles. The van der Waals surface area contributed by atoms with E-state index in [4.69, 9.17) is 14.6 Å². The highest BCUT2D eigenvalue weighted by atomic mass is 16.5. The van der Waals surface area contributed by atoms with E-state index in [1.54, 1.807) is 34.2 Å². The number of carbonyl (C=O) groups excluding carboxylic acids is 2. The van der Waals surface area contributed by atoms with E-state index in [0.717, 1.165) is 38.8 Å². The summed E-state index contributed by atoms with van der Waals surface area (Å²) in [5.41, 5.74) is 0.319. The van der Waals surface area contributed by atoms with E-state index < -0.39 is 0 Å². The Kier molecular flexibility index (Phi) is 8.91. The summed E-state index contributed by atoms with van der Waals surface area (Å²) in [4.78, 5) is 36.7. The van der Waals surface area contributed by atoms with Gasteiger partial charge in [-0.3, -0.25) is 14.5 Å². The Balaban J connectivity index is 1.53. The number of ether oxygens (including phenoxy) is 2. The first-order valence-corrected chi connectivity index (χ1v) is 12.4. The summed E-state index contributed by atoms with van der Waals surface area (Å²) in [6.45, 7) is 4.46. The second-order valence-corrected chi connectivity index (χ2v) is 8.84. The van der Waals surface area contributed by atoms with Crippen LogP contribution in [-0.4, -0.2) is 95.6 Å². The molecule has 1 aromatic heterocycles. The average Bonchev–Trinajstić information content (AvgIpc) is 2.88. The van der Waals surface area contributed by atoms with Crippen LogP contribution in [0.5, 0.6) is 17.4 Å². The van der Waals surface area contributed by atoms with Gasteiger partial charge in [0.1, 0.15) is 12.1 Å². The summed E-state index contributed by atoms with van der Waals surface area (Å²) in [7, 11) is 0. The molecule has 9 nitrogen and oxygen atoms in total. The maximum Gasteiger partial charge on any atom is 0.259 e. The van der Waals surface area contributed by atoms with Crippen LogP contribution in [-0.2, 0) is 4.79 Å². The van der Waals surface area contributed by atoms with Gasteiger partial charge in [0.2, 0.25) is 11.8 Å². The molecule has 0 aliphatic carbocycles. The zero-order valence-corrected chi connectivity index (χ0v) is 20.1. The lowest BCUT2D eigenvalue weighted by Gasteiger charge is -2.35. The van der Waals surface area contributed by atoms with Gasteiger partial charge >= 0.3 is 0 Å². The highest BCUT2D eigenvalue weighted by Crippen LogP contribution is 2.32. The first kappa shape index (κ1) is 24.9. The lowest BCUT2D eigenvalue weighted by Crippen LogP contribution is -2.52. The number of benzene rings is 1. The third-order valence-corrected chi connectivity index (χ3v) is 6.39. The third kappa shape index (κ3) is 6.70. The van der Waals surface area contributed by atoms with Crippen molar-refractivity contribution in [2.45, 2.75) is 25.7 Å². The zero-order valence-electron chi connectivity index (χ0n) is 20.1. The first-order chi connectivity index (χ1) is 17.2. The van der Waals surface area contributed by atoms with Gasteiger partial charge in [0.05, 0.1) is 13.2 Å². The minimum atomic E-state index is -0.268. The molecule has 2 aromatic rings. The highest BCUT2D eigenvalue weighted by Gasteiger charge is 2.27. The lowest BCUT2D eigenvalue weighted by atomic mass is 10.1. The standard InChI is InChI=1S/C26H34N4O5/c31-18-17-28-13-15-29(16-14-28)24(32)20-30-12-5-1-2-6-19-34-22-9-3-4-10-23(22)35-25-21(26(30)33)8-7-11-27-25/h3-4,7-11,31H,1-2,5-6,12-20H2. The molecule has 9 heteroatoms. The number of aliphatic hydroxyl groups excluding tert-OH is 1. The van der Waals surface area contributed by atoms with Crippen molar-refractivity contribution in [3.63, 3.8) is 0 Å². The molecule has 4 rings (SSSR count).